The molecule has 0 radical (unpaired) electrons. The quantitative estimate of drug-likeness (QED) is 0.250. The number of esters is 1. The highest BCUT2D eigenvalue weighted by Gasteiger charge is 2.48. The number of hydrogen-bond acceptors (Lipinski definition) is 4. The van der Waals surface area contributed by atoms with Crippen molar-refractivity contribution in [1.29, 1.82) is 5.26 Å². The van der Waals surface area contributed by atoms with Gasteiger partial charge in [-0.25, -0.2) is 13.6 Å². The van der Waals surface area contributed by atoms with Crippen molar-refractivity contribution in [2.75, 3.05) is 0 Å². The Kier molecular flexibility index (Phi) is 8.57. The van der Waals surface area contributed by atoms with Gasteiger partial charge in [-0.15, -0.1) is 0 Å². The largest absolute Gasteiger partial charge is 0.512 e. The van der Waals surface area contributed by atoms with Gasteiger partial charge in [0, 0.05) is 24.0 Å². The van der Waals surface area contributed by atoms with Gasteiger partial charge in [0.1, 0.15) is 23.3 Å². The second-order valence-electron chi connectivity index (χ2n) is 11.6. The van der Waals surface area contributed by atoms with Crippen molar-refractivity contribution < 1.29 is 28.8 Å². The summed E-state index contributed by atoms with van der Waals surface area (Å²) < 4.78 is 34.7. The number of nitriles is 1. The van der Waals surface area contributed by atoms with Crippen LogP contribution in [0.1, 0.15) is 76.3 Å². The zero-order valence-corrected chi connectivity index (χ0v) is 23.1. The Labute approximate surface area is 233 Å². The van der Waals surface area contributed by atoms with Crippen LogP contribution in [0, 0.1) is 23.1 Å². The lowest BCUT2D eigenvalue weighted by Gasteiger charge is -2.41. The Balaban J connectivity index is 1.52. The normalized spacial score (nSPS) is 24.1. The summed E-state index contributed by atoms with van der Waals surface area (Å²) in [7, 11) is 0. The molecule has 1 aliphatic heterocycles. The van der Waals surface area contributed by atoms with Crippen molar-refractivity contribution in [3.63, 3.8) is 0 Å². The van der Waals surface area contributed by atoms with E-state index in [0.717, 1.165) is 31.2 Å². The Hall–Kier alpha value is -3.80. The lowest BCUT2D eigenvalue weighted by atomic mass is 9.76. The fourth-order valence-electron chi connectivity index (χ4n) is 5.90. The maximum atomic E-state index is 14.9. The molecule has 0 saturated heterocycles. The molecule has 1 aromatic rings. The number of aryl methyl sites for hydroxylation is 1. The third-order valence-electron chi connectivity index (χ3n) is 8.26. The van der Waals surface area contributed by atoms with Crippen LogP contribution in [0.5, 0.6) is 0 Å². The van der Waals surface area contributed by atoms with Gasteiger partial charge in [-0.05, 0) is 62.1 Å². The van der Waals surface area contributed by atoms with Crippen LogP contribution in [0.3, 0.4) is 0 Å². The van der Waals surface area contributed by atoms with Crippen LogP contribution in [-0.2, 0) is 21.4 Å². The summed E-state index contributed by atoms with van der Waals surface area (Å²) in [6.07, 6.45) is 8.15. The average Bonchev–Trinajstić information content (AvgIpc) is 3.45. The first-order chi connectivity index (χ1) is 18.9. The number of rotatable bonds is 8. The minimum atomic E-state index is -1.16. The highest BCUT2D eigenvalue weighted by atomic mass is 19.1. The first-order valence-corrected chi connectivity index (χ1v) is 13.8. The minimum Gasteiger partial charge on any atom is -0.512 e. The number of nitrogens with zero attached hydrogens (tertiary/aromatic N) is 2. The number of halogens is 2. The SMILES string of the molecule is CC(C)(C#N)c1ccc(CCC2(C3CCCC3)CC(O)=C(CC(N)=NC(=[NH2+])C3=CC=C[C@H](F)C3)C(=O)O2)cc1F. The van der Waals surface area contributed by atoms with Crippen LogP contribution in [0.25, 0.3) is 0 Å². The Bertz CT molecular complexity index is 1350. The zero-order chi connectivity index (χ0) is 29.1. The van der Waals surface area contributed by atoms with Crippen molar-refractivity contribution in [2.24, 2.45) is 16.6 Å². The molecule has 1 fully saturated rings. The standard InChI is InChI=1S/C31H36F2N4O3/c1-30(2,18-34)24-11-10-19(14-25(24)33)12-13-31(21-7-3-4-8-21)17-26(38)23(29(39)40-31)16-27(35)37-28(36)20-6-5-9-22(32)15-20/h5-6,9-11,14,21-22,38H,3-4,7-8,12-13,15-17H2,1-2H3,(H3,35,36,37)/p+1/t22-,31?/m0/s1. The second-order valence-corrected chi connectivity index (χ2v) is 11.6. The summed E-state index contributed by atoms with van der Waals surface area (Å²) >= 11 is 0. The number of alkyl halides is 1. The van der Waals surface area contributed by atoms with E-state index >= 15 is 0 Å². The number of aliphatic imine (C=N–C) groups is 1. The molecule has 1 heterocycles. The summed E-state index contributed by atoms with van der Waals surface area (Å²) in [6, 6.07) is 6.99. The molecule has 0 bridgehead atoms. The number of allylic oxidation sites excluding steroid dienone is 3. The first kappa shape index (κ1) is 29.2. The van der Waals surface area contributed by atoms with E-state index in [1.807, 2.05) is 0 Å². The molecule has 1 unspecified atom stereocenters. The summed E-state index contributed by atoms with van der Waals surface area (Å²) in [6.45, 7) is 3.34. The van der Waals surface area contributed by atoms with E-state index in [4.69, 9.17) is 15.9 Å². The summed E-state index contributed by atoms with van der Waals surface area (Å²) in [5.74, 6) is -1.07. The summed E-state index contributed by atoms with van der Waals surface area (Å²) in [5, 5.41) is 26.4. The van der Waals surface area contributed by atoms with Crippen LogP contribution < -0.4 is 11.1 Å². The number of carbonyl (C=O) groups excluding carboxylic acids is 1. The van der Waals surface area contributed by atoms with E-state index in [1.54, 1.807) is 38.1 Å². The first-order valence-electron chi connectivity index (χ1n) is 13.8. The van der Waals surface area contributed by atoms with Gasteiger partial charge in [-0.1, -0.05) is 43.2 Å². The monoisotopic (exact) mass is 551 g/mol. The fourth-order valence-corrected chi connectivity index (χ4v) is 5.90. The molecule has 7 nitrogen and oxygen atoms in total. The van der Waals surface area contributed by atoms with Gasteiger partial charge >= 0.3 is 11.8 Å². The van der Waals surface area contributed by atoms with Gasteiger partial charge in [0.15, 0.2) is 0 Å². The van der Waals surface area contributed by atoms with Crippen molar-refractivity contribution in [3.8, 4) is 6.07 Å². The average molecular weight is 552 g/mol. The molecule has 0 aromatic heterocycles. The molecule has 3 aliphatic rings. The van der Waals surface area contributed by atoms with Crippen LogP contribution in [-0.4, -0.2) is 34.5 Å². The van der Waals surface area contributed by atoms with Gasteiger partial charge in [0.25, 0.3) is 0 Å². The van der Waals surface area contributed by atoms with Crippen molar-refractivity contribution in [2.45, 2.75) is 88.8 Å². The number of nitrogens with two attached hydrogens (primary N) is 2. The molecule has 9 heteroatoms. The lowest BCUT2D eigenvalue weighted by molar-refractivity contribution is -0.167. The van der Waals surface area contributed by atoms with Crippen LogP contribution in [0.2, 0.25) is 0 Å². The van der Waals surface area contributed by atoms with Crippen molar-refractivity contribution in [3.05, 3.63) is 70.3 Å². The number of cyclic esters (lactones) is 1. The summed E-state index contributed by atoms with van der Waals surface area (Å²) in [4.78, 5) is 17.4. The predicted octanol–water partition coefficient (Wildman–Crippen LogP) is 4.38. The van der Waals surface area contributed by atoms with Crippen LogP contribution in [0.15, 0.2) is 58.3 Å². The highest BCUT2D eigenvalue weighted by Crippen LogP contribution is 2.46. The van der Waals surface area contributed by atoms with Gasteiger partial charge in [-0.2, -0.15) is 5.26 Å². The maximum absolute atomic E-state index is 14.9. The van der Waals surface area contributed by atoms with Gasteiger partial charge in [-0.3, -0.25) is 5.41 Å². The molecule has 40 heavy (non-hydrogen) atoms. The molecule has 5 N–H and O–H groups in total. The van der Waals surface area contributed by atoms with E-state index in [1.165, 1.54) is 12.1 Å². The lowest BCUT2D eigenvalue weighted by Crippen LogP contribution is -2.46. The third kappa shape index (κ3) is 6.33. The number of benzene rings is 1. The summed E-state index contributed by atoms with van der Waals surface area (Å²) in [5.41, 5.74) is 5.77. The minimum absolute atomic E-state index is 0.00563. The topological polar surface area (TPSA) is 134 Å². The molecule has 0 spiro atoms. The molecule has 1 aromatic carbocycles. The van der Waals surface area contributed by atoms with Crippen molar-refractivity contribution >= 4 is 17.6 Å². The van der Waals surface area contributed by atoms with E-state index in [9.17, 15) is 23.9 Å². The number of aliphatic hydroxyl groups excluding tert-OH is 1. The van der Waals surface area contributed by atoms with Gasteiger partial charge < -0.3 is 15.6 Å². The van der Waals surface area contributed by atoms with E-state index in [0.29, 0.717) is 24.0 Å². The second kappa shape index (κ2) is 11.7. The number of aliphatic hydroxyl groups is 1. The van der Waals surface area contributed by atoms with E-state index in [2.05, 4.69) is 11.1 Å². The molecular weight excluding hydrogens is 514 g/mol. The molecule has 0 amide bonds. The molecular formula is C31H37F2N4O3+. The molecule has 4 rings (SSSR count). The number of amidine groups is 2. The molecule has 212 valence electrons. The molecule has 1 saturated carbocycles. The Morgan fingerprint density at radius 3 is 2.70 bits per heavy atom. The molecule has 2 atom stereocenters. The Morgan fingerprint density at radius 2 is 2.08 bits per heavy atom. The van der Waals surface area contributed by atoms with Gasteiger partial charge in [0.05, 0.1) is 23.5 Å². The zero-order valence-electron chi connectivity index (χ0n) is 23.1. The van der Waals surface area contributed by atoms with E-state index in [-0.39, 0.29) is 48.2 Å². The van der Waals surface area contributed by atoms with Gasteiger partial charge in [0.2, 0.25) is 5.84 Å². The van der Waals surface area contributed by atoms with E-state index < -0.39 is 29.0 Å². The number of hydrogen-bond donors (Lipinski definition) is 3. The maximum Gasteiger partial charge on any atom is 0.338 e. The highest BCUT2D eigenvalue weighted by molar-refractivity contribution is 6.05. The molecule has 2 aliphatic carbocycles. The van der Waals surface area contributed by atoms with Crippen LogP contribution >= 0.6 is 0 Å². The van der Waals surface area contributed by atoms with Crippen molar-refractivity contribution in [1.82, 2.24) is 0 Å². The van der Waals surface area contributed by atoms with Crippen LogP contribution in [0.4, 0.5) is 8.78 Å². The fraction of sp³-hybridized carbons (Fsp3) is 0.484. The Morgan fingerprint density at radius 1 is 1.35 bits per heavy atom. The number of carbonyl (C=O) groups is 1. The predicted molar refractivity (Wildman–Crippen MR) is 148 cm³/mol. The smallest absolute Gasteiger partial charge is 0.338 e. The number of ether oxygens (including phenoxy) is 1. The third-order valence-corrected chi connectivity index (χ3v) is 8.26.